The van der Waals surface area contributed by atoms with Crippen LogP contribution in [0.1, 0.15) is 17.2 Å². The second-order valence-corrected chi connectivity index (χ2v) is 7.35. The lowest BCUT2D eigenvalue weighted by molar-refractivity contribution is 0.289. The van der Waals surface area contributed by atoms with Gasteiger partial charge in [0.25, 0.3) is 5.89 Å². The molecule has 0 bridgehead atoms. The first-order chi connectivity index (χ1) is 14.6. The van der Waals surface area contributed by atoms with Gasteiger partial charge in [-0.15, -0.1) is 10.2 Å². The Bertz CT molecular complexity index is 1130. The molecule has 0 unspecified atom stereocenters. The number of hydrogen-bond donors (Lipinski definition) is 1. The van der Waals surface area contributed by atoms with Gasteiger partial charge in [0, 0.05) is 11.6 Å². The number of benzene rings is 2. The summed E-state index contributed by atoms with van der Waals surface area (Å²) in [4.78, 5) is 4.42. The van der Waals surface area contributed by atoms with Gasteiger partial charge in [-0.1, -0.05) is 40.7 Å². The minimum atomic E-state index is 0.178. The Labute approximate surface area is 177 Å². The minimum absolute atomic E-state index is 0.178. The van der Waals surface area contributed by atoms with Crippen LogP contribution in [0.3, 0.4) is 0 Å². The van der Waals surface area contributed by atoms with E-state index in [9.17, 15) is 0 Å². The van der Waals surface area contributed by atoms with Gasteiger partial charge in [-0.2, -0.15) is 4.98 Å². The maximum absolute atomic E-state index is 6.10. The summed E-state index contributed by atoms with van der Waals surface area (Å²) in [7, 11) is 1.60. The first-order valence-electron chi connectivity index (χ1n) is 9.11. The van der Waals surface area contributed by atoms with E-state index in [0.29, 0.717) is 39.9 Å². The number of methoxy groups -OCH3 is 1. The van der Waals surface area contributed by atoms with Crippen LogP contribution >= 0.6 is 11.8 Å². The highest BCUT2D eigenvalue weighted by Crippen LogP contribution is 2.23. The third kappa shape index (κ3) is 4.54. The quantitative estimate of drug-likeness (QED) is 0.336. The Balaban J connectivity index is 1.36. The molecule has 0 saturated carbocycles. The molecule has 10 heteroatoms. The Morgan fingerprint density at radius 2 is 1.90 bits per heavy atom. The van der Waals surface area contributed by atoms with E-state index in [4.69, 9.17) is 19.8 Å². The van der Waals surface area contributed by atoms with Crippen molar-refractivity contribution in [3.63, 3.8) is 0 Å². The minimum Gasteiger partial charge on any atom is -0.497 e. The molecule has 0 amide bonds. The molecule has 30 heavy (non-hydrogen) atoms. The van der Waals surface area contributed by atoms with Gasteiger partial charge in [-0.3, -0.25) is 0 Å². The first-order valence-corrected chi connectivity index (χ1v) is 10.1. The largest absolute Gasteiger partial charge is 0.497 e. The van der Waals surface area contributed by atoms with Crippen LogP contribution in [0.4, 0.5) is 0 Å². The average Bonchev–Trinajstić information content (AvgIpc) is 3.38. The second kappa shape index (κ2) is 8.87. The van der Waals surface area contributed by atoms with Crippen LogP contribution in [0, 0.1) is 6.92 Å². The summed E-state index contributed by atoms with van der Waals surface area (Å²) in [6.07, 6.45) is 0. The smallest absolute Gasteiger partial charge is 0.257 e. The van der Waals surface area contributed by atoms with Crippen molar-refractivity contribution in [1.82, 2.24) is 25.0 Å². The van der Waals surface area contributed by atoms with Crippen LogP contribution in [0.25, 0.3) is 11.5 Å². The van der Waals surface area contributed by atoms with E-state index in [1.165, 1.54) is 22.0 Å². The van der Waals surface area contributed by atoms with Crippen LogP contribution in [-0.4, -0.2) is 32.1 Å². The molecule has 154 valence electrons. The molecule has 9 nitrogen and oxygen atoms in total. The van der Waals surface area contributed by atoms with Crippen molar-refractivity contribution < 1.29 is 14.0 Å². The number of nitrogen functional groups attached to an aromatic ring is 1. The average molecular weight is 424 g/mol. The van der Waals surface area contributed by atoms with Gasteiger partial charge in [0.05, 0.1) is 12.9 Å². The Morgan fingerprint density at radius 3 is 2.70 bits per heavy atom. The number of nitrogens with zero attached hydrogens (tertiary/aromatic N) is 5. The SMILES string of the molecule is COc1cccc(OCc2nnc(SCc3noc(-c4ccc(C)cc4)n3)n2N)c1. The lowest BCUT2D eigenvalue weighted by Crippen LogP contribution is -2.15. The summed E-state index contributed by atoms with van der Waals surface area (Å²) in [6, 6.07) is 15.2. The van der Waals surface area contributed by atoms with Crippen LogP contribution in [0.5, 0.6) is 11.5 Å². The van der Waals surface area contributed by atoms with Crippen molar-refractivity contribution >= 4 is 11.8 Å². The fraction of sp³-hybridized carbons (Fsp3) is 0.200. The fourth-order valence-corrected chi connectivity index (χ4v) is 3.32. The molecule has 0 radical (unpaired) electrons. The van der Waals surface area contributed by atoms with Gasteiger partial charge in [-0.25, -0.2) is 4.68 Å². The van der Waals surface area contributed by atoms with Crippen molar-refractivity contribution in [2.24, 2.45) is 0 Å². The lowest BCUT2D eigenvalue weighted by atomic mass is 10.1. The zero-order valence-corrected chi connectivity index (χ0v) is 17.3. The molecular formula is C20H20N6O3S. The highest BCUT2D eigenvalue weighted by atomic mass is 32.2. The number of aryl methyl sites for hydroxylation is 1. The monoisotopic (exact) mass is 424 g/mol. The lowest BCUT2D eigenvalue weighted by Gasteiger charge is -2.07. The van der Waals surface area contributed by atoms with Crippen LogP contribution in [0.2, 0.25) is 0 Å². The maximum atomic E-state index is 6.10. The molecule has 0 aliphatic rings. The fourth-order valence-electron chi connectivity index (χ4n) is 2.60. The summed E-state index contributed by atoms with van der Waals surface area (Å²) in [5.74, 6) is 9.43. The van der Waals surface area contributed by atoms with Gasteiger partial charge < -0.3 is 19.8 Å². The topological polar surface area (TPSA) is 114 Å². The molecule has 0 aliphatic carbocycles. The highest BCUT2D eigenvalue weighted by molar-refractivity contribution is 7.98. The number of thioether (sulfide) groups is 1. The van der Waals surface area contributed by atoms with E-state index in [-0.39, 0.29) is 6.61 Å². The molecule has 2 N–H and O–H groups in total. The molecule has 4 aromatic rings. The molecule has 2 aromatic heterocycles. The summed E-state index contributed by atoms with van der Waals surface area (Å²) in [5, 5.41) is 12.8. The van der Waals surface area contributed by atoms with E-state index >= 15 is 0 Å². The van der Waals surface area contributed by atoms with Gasteiger partial charge >= 0.3 is 0 Å². The molecule has 0 aliphatic heterocycles. The van der Waals surface area contributed by atoms with Gasteiger partial charge in [0.1, 0.15) is 18.1 Å². The predicted molar refractivity (Wildman–Crippen MR) is 112 cm³/mol. The highest BCUT2D eigenvalue weighted by Gasteiger charge is 2.14. The normalized spacial score (nSPS) is 10.9. The number of ether oxygens (including phenoxy) is 2. The summed E-state index contributed by atoms with van der Waals surface area (Å²) >= 11 is 1.36. The molecule has 2 heterocycles. The van der Waals surface area contributed by atoms with Gasteiger partial charge in [0.2, 0.25) is 5.16 Å². The first kappa shape index (κ1) is 19.8. The molecule has 2 aromatic carbocycles. The second-order valence-electron chi connectivity index (χ2n) is 6.41. The van der Waals surface area contributed by atoms with E-state index in [1.807, 2.05) is 49.4 Å². The zero-order valence-electron chi connectivity index (χ0n) is 16.5. The van der Waals surface area contributed by atoms with Crippen molar-refractivity contribution in [2.45, 2.75) is 24.4 Å². The van der Waals surface area contributed by atoms with Crippen molar-refractivity contribution in [3.05, 3.63) is 65.7 Å². The van der Waals surface area contributed by atoms with Crippen LogP contribution < -0.4 is 15.3 Å². The molecule has 0 saturated heterocycles. The van der Waals surface area contributed by atoms with E-state index in [0.717, 1.165) is 5.56 Å². The standard InChI is InChI=1S/C20H20N6O3S/c1-13-6-8-14(9-7-13)19-22-17(25-29-19)12-30-20-24-23-18(26(20)21)11-28-16-5-3-4-15(10-16)27-2/h3-10H,11-12,21H2,1-2H3. The Kier molecular flexibility index (Phi) is 5.84. The predicted octanol–water partition coefficient (Wildman–Crippen LogP) is 3.23. The number of aromatic nitrogens is 5. The number of nitrogens with two attached hydrogens (primary N) is 1. The summed E-state index contributed by atoms with van der Waals surface area (Å²) in [5.41, 5.74) is 2.05. The Hall–Kier alpha value is -3.53. The van der Waals surface area contributed by atoms with E-state index < -0.39 is 0 Å². The maximum Gasteiger partial charge on any atom is 0.257 e. The third-order valence-corrected chi connectivity index (χ3v) is 5.18. The van der Waals surface area contributed by atoms with Crippen molar-refractivity contribution in [2.75, 3.05) is 13.0 Å². The molecular weight excluding hydrogens is 404 g/mol. The van der Waals surface area contributed by atoms with Gasteiger partial charge in [0.15, 0.2) is 11.6 Å². The number of rotatable bonds is 8. The molecule has 4 rings (SSSR count). The molecule has 0 fully saturated rings. The number of hydrogen-bond acceptors (Lipinski definition) is 9. The summed E-state index contributed by atoms with van der Waals surface area (Å²) in [6.45, 7) is 2.20. The van der Waals surface area contributed by atoms with Gasteiger partial charge in [-0.05, 0) is 31.2 Å². The van der Waals surface area contributed by atoms with E-state index in [1.54, 1.807) is 13.2 Å². The molecule has 0 atom stereocenters. The van der Waals surface area contributed by atoms with Crippen molar-refractivity contribution in [3.8, 4) is 23.0 Å². The molecule has 0 spiro atoms. The zero-order chi connectivity index (χ0) is 20.9. The van der Waals surface area contributed by atoms with Crippen LogP contribution in [-0.2, 0) is 12.4 Å². The van der Waals surface area contributed by atoms with Crippen molar-refractivity contribution in [1.29, 1.82) is 0 Å². The van der Waals surface area contributed by atoms with E-state index in [2.05, 4.69) is 20.3 Å². The summed E-state index contributed by atoms with van der Waals surface area (Å²) < 4.78 is 17.6. The Morgan fingerprint density at radius 1 is 1.10 bits per heavy atom. The van der Waals surface area contributed by atoms with Crippen LogP contribution in [0.15, 0.2) is 58.2 Å². The third-order valence-electron chi connectivity index (χ3n) is 4.24.